The van der Waals surface area contributed by atoms with Crippen LogP contribution in [-0.4, -0.2) is 19.7 Å². The van der Waals surface area contributed by atoms with E-state index in [0.717, 1.165) is 41.8 Å². The number of nitrogens with zero attached hydrogens (tertiary/aromatic N) is 1. The third-order valence-electron chi connectivity index (χ3n) is 4.38. The summed E-state index contributed by atoms with van der Waals surface area (Å²) in [6.45, 7) is 5.68. The Morgan fingerprint density at radius 2 is 1.79 bits per heavy atom. The Bertz CT molecular complexity index is 651. The first kappa shape index (κ1) is 17.0. The van der Waals surface area contributed by atoms with Crippen LogP contribution in [-0.2, 0) is 6.54 Å². The Balaban J connectivity index is 1.60. The molecule has 0 amide bonds. The van der Waals surface area contributed by atoms with Gasteiger partial charge in [-0.25, -0.2) is 0 Å². The second-order valence-corrected chi connectivity index (χ2v) is 6.55. The molecular formula is C20H25ClN2O. The van der Waals surface area contributed by atoms with Gasteiger partial charge in [0.2, 0.25) is 0 Å². The number of nitrogens with one attached hydrogen (secondary N) is 1. The van der Waals surface area contributed by atoms with Crippen LogP contribution in [0.1, 0.15) is 31.7 Å². The van der Waals surface area contributed by atoms with Crippen LogP contribution in [0.3, 0.4) is 0 Å². The van der Waals surface area contributed by atoms with E-state index in [0.29, 0.717) is 6.61 Å². The molecule has 1 fully saturated rings. The lowest BCUT2D eigenvalue weighted by Crippen LogP contribution is -2.29. The summed E-state index contributed by atoms with van der Waals surface area (Å²) in [5.41, 5.74) is 3.42. The van der Waals surface area contributed by atoms with Gasteiger partial charge in [0.15, 0.2) is 0 Å². The number of benzene rings is 2. The van der Waals surface area contributed by atoms with Crippen molar-refractivity contribution in [3.8, 4) is 5.75 Å². The van der Waals surface area contributed by atoms with Crippen LogP contribution < -0.4 is 15.0 Å². The number of piperidine rings is 1. The Morgan fingerprint density at radius 3 is 2.46 bits per heavy atom. The van der Waals surface area contributed by atoms with Crippen molar-refractivity contribution >= 4 is 23.0 Å². The van der Waals surface area contributed by atoms with Crippen LogP contribution in [0.25, 0.3) is 0 Å². The van der Waals surface area contributed by atoms with E-state index in [2.05, 4.69) is 34.5 Å². The molecule has 2 aromatic rings. The van der Waals surface area contributed by atoms with E-state index in [4.69, 9.17) is 16.3 Å². The summed E-state index contributed by atoms with van der Waals surface area (Å²) >= 11 is 6.50. The molecule has 1 N–H and O–H groups in total. The lowest BCUT2D eigenvalue weighted by Gasteiger charge is -2.29. The molecule has 128 valence electrons. The molecule has 4 heteroatoms. The standard InChI is InChI=1S/C20H25ClN2O/c1-2-24-18-9-6-16(7-10-18)15-22-17-8-11-20(19(21)14-17)23-12-4-3-5-13-23/h6-11,14,22H,2-5,12-13,15H2,1H3. The van der Waals surface area contributed by atoms with Crippen molar-refractivity contribution in [2.45, 2.75) is 32.7 Å². The molecule has 24 heavy (non-hydrogen) atoms. The summed E-state index contributed by atoms with van der Waals surface area (Å²) in [5.74, 6) is 0.912. The highest BCUT2D eigenvalue weighted by Crippen LogP contribution is 2.31. The van der Waals surface area contributed by atoms with Gasteiger partial charge in [-0.2, -0.15) is 0 Å². The summed E-state index contributed by atoms with van der Waals surface area (Å²) in [5, 5.41) is 4.27. The van der Waals surface area contributed by atoms with Crippen LogP contribution in [0.15, 0.2) is 42.5 Å². The lowest BCUT2D eigenvalue weighted by atomic mass is 10.1. The van der Waals surface area contributed by atoms with Gasteiger partial charge in [0.05, 0.1) is 17.3 Å². The molecule has 1 saturated heterocycles. The van der Waals surface area contributed by atoms with Gasteiger partial charge < -0.3 is 15.0 Å². The van der Waals surface area contributed by atoms with E-state index >= 15 is 0 Å². The van der Waals surface area contributed by atoms with Crippen molar-refractivity contribution < 1.29 is 4.74 Å². The number of anilines is 2. The molecule has 0 radical (unpaired) electrons. The molecule has 0 aromatic heterocycles. The third kappa shape index (κ3) is 4.35. The summed E-state index contributed by atoms with van der Waals surface area (Å²) in [4.78, 5) is 2.39. The second-order valence-electron chi connectivity index (χ2n) is 6.14. The van der Waals surface area contributed by atoms with Gasteiger partial charge in [-0.1, -0.05) is 23.7 Å². The highest BCUT2D eigenvalue weighted by atomic mass is 35.5. The highest BCUT2D eigenvalue weighted by molar-refractivity contribution is 6.33. The smallest absolute Gasteiger partial charge is 0.119 e. The molecule has 0 saturated carbocycles. The van der Waals surface area contributed by atoms with E-state index in [1.54, 1.807) is 0 Å². The Labute approximate surface area is 149 Å². The van der Waals surface area contributed by atoms with Crippen molar-refractivity contribution in [2.24, 2.45) is 0 Å². The SMILES string of the molecule is CCOc1ccc(CNc2ccc(N3CCCCC3)c(Cl)c2)cc1. The largest absolute Gasteiger partial charge is 0.494 e. The molecule has 3 nitrogen and oxygen atoms in total. The quantitative estimate of drug-likeness (QED) is 0.765. The molecule has 0 bridgehead atoms. The summed E-state index contributed by atoms with van der Waals surface area (Å²) < 4.78 is 5.47. The molecule has 0 atom stereocenters. The minimum Gasteiger partial charge on any atom is -0.494 e. The van der Waals surface area contributed by atoms with Crippen molar-refractivity contribution in [2.75, 3.05) is 29.9 Å². The van der Waals surface area contributed by atoms with Crippen LogP contribution in [0.2, 0.25) is 5.02 Å². The van der Waals surface area contributed by atoms with Gasteiger partial charge in [-0.3, -0.25) is 0 Å². The van der Waals surface area contributed by atoms with Crippen molar-refractivity contribution in [3.05, 3.63) is 53.1 Å². The predicted octanol–water partition coefficient (Wildman–Crippen LogP) is 5.34. The third-order valence-corrected chi connectivity index (χ3v) is 4.68. The minimum atomic E-state index is 0.694. The van der Waals surface area contributed by atoms with Crippen LogP contribution in [0.4, 0.5) is 11.4 Å². The number of ether oxygens (including phenoxy) is 1. The van der Waals surface area contributed by atoms with Crippen molar-refractivity contribution in [1.82, 2.24) is 0 Å². The average Bonchev–Trinajstić information content (AvgIpc) is 2.62. The fraction of sp³-hybridized carbons (Fsp3) is 0.400. The lowest BCUT2D eigenvalue weighted by molar-refractivity contribution is 0.340. The summed E-state index contributed by atoms with van der Waals surface area (Å²) in [6, 6.07) is 14.5. The topological polar surface area (TPSA) is 24.5 Å². The van der Waals surface area contributed by atoms with Gasteiger partial charge in [0.1, 0.15) is 5.75 Å². The van der Waals surface area contributed by atoms with Gasteiger partial charge >= 0.3 is 0 Å². The van der Waals surface area contributed by atoms with Crippen LogP contribution in [0.5, 0.6) is 5.75 Å². The molecule has 0 unspecified atom stereocenters. The average molecular weight is 345 g/mol. The number of hydrogen-bond donors (Lipinski definition) is 1. The fourth-order valence-electron chi connectivity index (χ4n) is 3.08. The molecule has 1 aliphatic rings. The maximum absolute atomic E-state index is 6.50. The molecule has 2 aromatic carbocycles. The second kappa shape index (κ2) is 8.29. The first-order valence-corrected chi connectivity index (χ1v) is 9.14. The predicted molar refractivity (Wildman–Crippen MR) is 102 cm³/mol. The molecular weight excluding hydrogens is 320 g/mol. The van der Waals surface area contributed by atoms with E-state index in [-0.39, 0.29) is 0 Å². The van der Waals surface area contributed by atoms with Gasteiger partial charge in [0, 0.05) is 25.3 Å². The first-order chi connectivity index (χ1) is 11.8. The fourth-order valence-corrected chi connectivity index (χ4v) is 3.38. The monoisotopic (exact) mass is 344 g/mol. The Kier molecular flexibility index (Phi) is 5.86. The Morgan fingerprint density at radius 1 is 1.04 bits per heavy atom. The van der Waals surface area contributed by atoms with Gasteiger partial charge in [-0.15, -0.1) is 0 Å². The van der Waals surface area contributed by atoms with Crippen molar-refractivity contribution in [3.63, 3.8) is 0 Å². The number of rotatable bonds is 6. The van der Waals surface area contributed by atoms with Crippen molar-refractivity contribution in [1.29, 1.82) is 0 Å². The van der Waals surface area contributed by atoms with E-state index in [1.807, 2.05) is 25.1 Å². The molecule has 0 spiro atoms. The first-order valence-electron chi connectivity index (χ1n) is 8.76. The molecule has 0 aliphatic carbocycles. The van der Waals surface area contributed by atoms with E-state index in [9.17, 15) is 0 Å². The van der Waals surface area contributed by atoms with Gasteiger partial charge in [0.25, 0.3) is 0 Å². The number of hydrogen-bond acceptors (Lipinski definition) is 3. The zero-order valence-electron chi connectivity index (χ0n) is 14.2. The summed E-state index contributed by atoms with van der Waals surface area (Å²) in [7, 11) is 0. The molecule has 3 rings (SSSR count). The zero-order valence-corrected chi connectivity index (χ0v) is 15.0. The van der Waals surface area contributed by atoms with E-state index in [1.165, 1.54) is 24.8 Å². The van der Waals surface area contributed by atoms with Gasteiger partial charge in [-0.05, 0) is 62.1 Å². The normalized spacial score (nSPS) is 14.5. The van der Waals surface area contributed by atoms with Crippen LogP contribution >= 0.6 is 11.6 Å². The molecule has 1 aliphatic heterocycles. The molecule has 1 heterocycles. The van der Waals surface area contributed by atoms with Crippen LogP contribution in [0, 0.1) is 0 Å². The number of halogens is 1. The maximum Gasteiger partial charge on any atom is 0.119 e. The minimum absolute atomic E-state index is 0.694. The summed E-state index contributed by atoms with van der Waals surface area (Å²) in [6.07, 6.45) is 3.85. The highest BCUT2D eigenvalue weighted by Gasteiger charge is 2.13. The Hall–Kier alpha value is -1.87. The zero-order chi connectivity index (χ0) is 16.8. The maximum atomic E-state index is 6.50. The van der Waals surface area contributed by atoms with E-state index < -0.39 is 0 Å².